The van der Waals surface area contributed by atoms with Crippen molar-refractivity contribution in [3.8, 4) is 5.69 Å². The molecule has 1 aromatic carbocycles. The summed E-state index contributed by atoms with van der Waals surface area (Å²) in [5, 5.41) is 7.55. The van der Waals surface area contributed by atoms with Crippen LogP contribution in [0.5, 0.6) is 0 Å². The standard InChI is InChI=1S/C15H20N4O/c1-11(18-15(2,3)14(16)20)12-9-17-19(10-12)13-7-5-4-6-8-13/h4-11,18H,1-3H3,(H2,16,20). The molecule has 0 spiro atoms. The van der Waals surface area contributed by atoms with Gasteiger partial charge in [0.25, 0.3) is 0 Å². The number of amides is 1. The summed E-state index contributed by atoms with van der Waals surface area (Å²) in [6, 6.07) is 9.86. The zero-order valence-corrected chi connectivity index (χ0v) is 12.0. The lowest BCUT2D eigenvalue weighted by Crippen LogP contribution is -2.51. The molecule has 3 N–H and O–H groups in total. The van der Waals surface area contributed by atoms with Gasteiger partial charge in [0.2, 0.25) is 5.91 Å². The lowest BCUT2D eigenvalue weighted by Gasteiger charge is -2.26. The number of carbonyl (C=O) groups is 1. The van der Waals surface area contributed by atoms with Gasteiger partial charge in [-0.2, -0.15) is 5.10 Å². The zero-order chi connectivity index (χ0) is 14.8. The highest BCUT2D eigenvalue weighted by atomic mass is 16.1. The van der Waals surface area contributed by atoms with Gasteiger partial charge in [0, 0.05) is 17.8 Å². The summed E-state index contributed by atoms with van der Waals surface area (Å²) < 4.78 is 1.81. The van der Waals surface area contributed by atoms with Crippen LogP contribution in [0.1, 0.15) is 32.4 Å². The number of nitrogens with two attached hydrogens (primary N) is 1. The average molecular weight is 272 g/mol. The van der Waals surface area contributed by atoms with Crippen LogP contribution in [0.15, 0.2) is 42.7 Å². The number of carbonyl (C=O) groups excluding carboxylic acids is 1. The molecule has 0 saturated carbocycles. The van der Waals surface area contributed by atoms with Crippen molar-refractivity contribution in [3.63, 3.8) is 0 Å². The maximum absolute atomic E-state index is 11.4. The molecule has 2 aromatic rings. The molecule has 1 heterocycles. The molecule has 20 heavy (non-hydrogen) atoms. The Morgan fingerprint density at radius 2 is 2.00 bits per heavy atom. The van der Waals surface area contributed by atoms with Crippen LogP contribution in [-0.2, 0) is 4.79 Å². The fraction of sp³-hybridized carbons (Fsp3) is 0.333. The molecule has 5 nitrogen and oxygen atoms in total. The predicted octanol–water partition coefficient (Wildman–Crippen LogP) is 1.79. The van der Waals surface area contributed by atoms with E-state index in [-0.39, 0.29) is 11.9 Å². The Kier molecular flexibility index (Phi) is 3.90. The first-order chi connectivity index (χ1) is 9.40. The van der Waals surface area contributed by atoms with Gasteiger partial charge >= 0.3 is 0 Å². The van der Waals surface area contributed by atoms with E-state index < -0.39 is 5.54 Å². The molecule has 1 unspecified atom stereocenters. The van der Waals surface area contributed by atoms with Gasteiger partial charge in [-0.1, -0.05) is 18.2 Å². The highest BCUT2D eigenvalue weighted by Gasteiger charge is 2.27. The molecular formula is C15H20N4O. The molecule has 5 heteroatoms. The van der Waals surface area contributed by atoms with E-state index in [0.29, 0.717) is 0 Å². The van der Waals surface area contributed by atoms with Crippen LogP contribution in [0.3, 0.4) is 0 Å². The van der Waals surface area contributed by atoms with Crippen molar-refractivity contribution < 1.29 is 4.79 Å². The fourth-order valence-electron chi connectivity index (χ4n) is 1.98. The summed E-state index contributed by atoms with van der Waals surface area (Å²) in [5.74, 6) is -0.375. The molecule has 106 valence electrons. The van der Waals surface area contributed by atoms with Crippen molar-refractivity contribution >= 4 is 5.91 Å². The SMILES string of the molecule is CC(NC(C)(C)C(N)=O)c1cnn(-c2ccccc2)c1. The predicted molar refractivity (Wildman–Crippen MR) is 78.4 cm³/mol. The van der Waals surface area contributed by atoms with Crippen LogP contribution in [0.2, 0.25) is 0 Å². The van der Waals surface area contributed by atoms with E-state index in [4.69, 9.17) is 5.73 Å². The normalized spacial score (nSPS) is 13.2. The Hall–Kier alpha value is -2.14. The van der Waals surface area contributed by atoms with Crippen LogP contribution in [0.25, 0.3) is 5.69 Å². The lowest BCUT2D eigenvalue weighted by atomic mass is 10.0. The van der Waals surface area contributed by atoms with Crippen molar-refractivity contribution in [2.75, 3.05) is 0 Å². The van der Waals surface area contributed by atoms with E-state index >= 15 is 0 Å². The minimum absolute atomic E-state index is 0.0186. The second-order valence-electron chi connectivity index (χ2n) is 5.41. The smallest absolute Gasteiger partial charge is 0.237 e. The number of benzene rings is 1. The molecule has 1 amide bonds. The van der Waals surface area contributed by atoms with Crippen LogP contribution < -0.4 is 11.1 Å². The Balaban J connectivity index is 2.15. The number of rotatable bonds is 5. The van der Waals surface area contributed by atoms with Gasteiger partial charge in [-0.3, -0.25) is 10.1 Å². The molecule has 0 aliphatic rings. The van der Waals surface area contributed by atoms with Gasteiger partial charge in [-0.15, -0.1) is 0 Å². The molecule has 0 aliphatic heterocycles. The summed E-state index contributed by atoms with van der Waals surface area (Å²) in [6.07, 6.45) is 3.74. The summed E-state index contributed by atoms with van der Waals surface area (Å²) >= 11 is 0. The van der Waals surface area contributed by atoms with Crippen molar-refractivity contribution in [2.24, 2.45) is 5.73 Å². The van der Waals surface area contributed by atoms with E-state index in [9.17, 15) is 4.79 Å². The number of para-hydroxylation sites is 1. The van der Waals surface area contributed by atoms with Crippen molar-refractivity contribution in [1.29, 1.82) is 0 Å². The number of nitrogens with zero attached hydrogens (tertiary/aromatic N) is 2. The molecule has 0 fully saturated rings. The Labute approximate surface area is 118 Å². The Bertz CT molecular complexity index is 589. The monoisotopic (exact) mass is 272 g/mol. The lowest BCUT2D eigenvalue weighted by molar-refractivity contribution is -0.123. The van der Waals surface area contributed by atoms with Gasteiger partial charge in [-0.05, 0) is 32.9 Å². The van der Waals surface area contributed by atoms with Gasteiger partial charge in [0.05, 0.1) is 17.4 Å². The number of hydrogen-bond acceptors (Lipinski definition) is 3. The number of nitrogens with one attached hydrogen (secondary N) is 1. The van der Waals surface area contributed by atoms with E-state index in [1.165, 1.54) is 0 Å². The van der Waals surface area contributed by atoms with Gasteiger partial charge < -0.3 is 5.73 Å². The highest BCUT2D eigenvalue weighted by molar-refractivity contribution is 5.83. The zero-order valence-electron chi connectivity index (χ0n) is 12.0. The van der Waals surface area contributed by atoms with Crippen LogP contribution in [0.4, 0.5) is 0 Å². The minimum Gasteiger partial charge on any atom is -0.368 e. The number of hydrogen-bond donors (Lipinski definition) is 2. The Morgan fingerprint density at radius 3 is 2.60 bits per heavy atom. The quantitative estimate of drug-likeness (QED) is 0.871. The average Bonchev–Trinajstić information content (AvgIpc) is 2.88. The van der Waals surface area contributed by atoms with E-state index in [0.717, 1.165) is 11.3 Å². The molecule has 0 aliphatic carbocycles. The second-order valence-corrected chi connectivity index (χ2v) is 5.41. The van der Waals surface area contributed by atoms with Crippen LogP contribution in [-0.4, -0.2) is 21.2 Å². The third-order valence-corrected chi connectivity index (χ3v) is 3.32. The summed E-state index contributed by atoms with van der Waals surface area (Å²) in [4.78, 5) is 11.4. The van der Waals surface area contributed by atoms with Gasteiger partial charge in [-0.25, -0.2) is 4.68 Å². The first-order valence-electron chi connectivity index (χ1n) is 6.58. The van der Waals surface area contributed by atoms with Crippen LogP contribution in [0, 0.1) is 0 Å². The molecule has 0 saturated heterocycles. The minimum atomic E-state index is -0.756. The number of primary amides is 1. The molecule has 1 atom stereocenters. The second kappa shape index (κ2) is 5.46. The summed E-state index contributed by atoms with van der Waals surface area (Å²) in [5.41, 5.74) is 6.62. The molecule has 0 bridgehead atoms. The molecule has 1 aromatic heterocycles. The fourth-order valence-corrected chi connectivity index (χ4v) is 1.98. The van der Waals surface area contributed by atoms with Crippen molar-refractivity contribution in [2.45, 2.75) is 32.4 Å². The molecule has 0 radical (unpaired) electrons. The maximum Gasteiger partial charge on any atom is 0.237 e. The van der Waals surface area contributed by atoms with Crippen molar-refractivity contribution in [1.82, 2.24) is 15.1 Å². The topological polar surface area (TPSA) is 72.9 Å². The van der Waals surface area contributed by atoms with E-state index in [1.807, 2.05) is 48.1 Å². The summed E-state index contributed by atoms with van der Waals surface area (Å²) in [6.45, 7) is 5.53. The third kappa shape index (κ3) is 3.05. The van der Waals surface area contributed by atoms with Crippen LogP contribution >= 0.6 is 0 Å². The van der Waals surface area contributed by atoms with Gasteiger partial charge in [0.15, 0.2) is 0 Å². The Morgan fingerprint density at radius 1 is 1.35 bits per heavy atom. The number of aromatic nitrogens is 2. The maximum atomic E-state index is 11.4. The third-order valence-electron chi connectivity index (χ3n) is 3.32. The summed E-state index contributed by atoms with van der Waals surface area (Å²) in [7, 11) is 0. The first-order valence-corrected chi connectivity index (χ1v) is 6.58. The largest absolute Gasteiger partial charge is 0.368 e. The van der Waals surface area contributed by atoms with Crippen molar-refractivity contribution in [3.05, 3.63) is 48.3 Å². The van der Waals surface area contributed by atoms with Gasteiger partial charge in [0.1, 0.15) is 0 Å². The van der Waals surface area contributed by atoms with E-state index in [1.54, 1.807) is 20.0 Å². The molecule has 2 rings (SSSR count). The molecular weight excluding hydrogens is 252 g/mol. The van der Waals surface area contributed by atoms with E-state index in [2.05, 4.69) is 10.4 Å². The highest BCUT2D eigenvalue weighted by Crippen LogP contribution is 2.17. The first kappa shape index (κ1) is 14.3.